The van der Waals surface area contributed by atoms with Crippen molar-refractivity contribution in [2.24, 2.45) is 5.73 Å². The second-order valence-corrected chi connectivity index (χ2v) is 4.91. The lowest BCUT2D eigenvalue weighted by Crippen LogP contribution is -2.13. The topological polar surface area (TPSA) is 55.1 Å². The molecule has 0 aliphatic rings. The number of carbonyl (C=O) groups is 1. The molecule has 0 saturated carbocycles. The van der Waals surface area contributed by atoms with Gasteiger partial charge in [-0.1, -0.05) is 35.3 Å². The molecule has 0 aliphatic heterocycles. The number of anilines is 1. The Morgan fingerprint density at radius 3 is 2.20 bits per heavy atom. The highest BCUT2D eigenvalue weighted by molar-refractivity contribution is 6.40. The molecule has 0 aliphatic carbocycles. The van der Waals surface area contributed by atoms with Crippen LogP contribution in [0.15, 0.2) is 36.4 Å². The molecule has 0 saturated heterocycles. The first-order chi connectivity index (χ1) is 9.51. The van der Waals surface area contributed by atoms with E-state index in [1.54, 1.807) is 24.3 Å². The van der Waals surface area contributed by atoms with Crippen molar-refractivity contribution >= 4 is 34.8 Å². The Morgan fingerprint density at radius 1 is 1.15 bits per heavy atom. The zero-order chi connectivity index (χ0) is 14.7. The lowest BCUT2D eigenvalue weighted by Gasteiger charge is -2.09. The van der Waals surface area contributed by atoms with E-state index in [1.807, 2.05) is 0 Å². The smallest absolute Gasteiger partial charge is 0.255 e. The first kappa shape index (κ1) is 14.8. The van der Waals surface area contributed by atoms with Gasteiger partial charge in [0.2, 0.25) is 0 Å². The Morgan fingerprint density at radius 2 is 1.70 bits per heavy atom. The summed E-state index contributed by atoms with van der Waals surface area (Å²) >= 11 is 11.7. The molecule has 3 nitrogen and oxygen atoms in total. The molecule has 2 rings (SSSR count). The van der Waals surface area contributed by atoms with Gasteiger partial charge in [0.15, 0.2) is 0 Å². The largest absolute Gasteiger partial charge is 0.326 e. The van der Waals surface area contributed by atoms with Gasteiger partial charge in [0.1, 0.15) is 5.82 Å². The fourth-order valence-electron chi connectivity index (χ4n) is 1.64. The van der Waals surface area contributed by atoms with Crippen molar-refractivity contribution in [3.8, 4) is 0 Å². The van der Waals surface area contributed by atoms with E-state index >= 15 is 0 Å². The molecule has 0 spiro atoms. The van der Waals surface area contributed by atoms with E-state index < -0.39 is 5.82 Å². The second kappa shape index (κ2) is 6.22. The van der Waals surface area contributed by atoms with Crippen molar-refractivity contribution in [2.45, 2.75) is 6.54 Å². The van der Waals surface area contributed by atoms with Crippen LogP contribution in [-0.2, 0) is 6.54 Å². The van der Waals surface area contributed by atoms with E-state index in [9.17, 15) is 9.18 Å². The maximum atomic E-state index is 13.1. The van der Waals surface area contributed by atoms with E-state index in [0.29, 0.717) is 12.1 Å². The quantitative estimate of drug-likeness (QED) is 0.904. The van der Waals surface area contributed by atoms with Crippen LogP contribution in [0, 0.1) is 5.82 Å². The molecule has 3 N–H and O–H groups in total. The van der Waals surface area contributed by atoms with E-state index in [4.69, 9.17) is 28.9 Å². The summed E-state index contributed by atoms with van der Waals surface area (Å²) in [6, 6.07) is 8.96. The van der Waals surface area contributed by atoms with Crippen LogP contribution in [0.4, 0.5) is 10.1 Å². The summed E-state index contributed by atoms with van der Waals surface area (Å²) in [4.78, 5) is 12.0. The highest BCUT2D eigenvalue weighted by Crippen LogP contribution is 2.31. The van der Waals surface area contributed by atoms with Crippen molar-refractivity contribution in [1.29, 1.82) is 0 Å². The third-order valence-electron chi connectivity index (χ3n) is 2.70. The molecule has 0 radical (unpaired) electrons. The predicted molar refractivity (Wildman–Crippen MR) is 78.7 cm³/mol. The average molecular weight is 313 g/mol. The summed E-state index contributed by atoms with van der Waals surface area (Å²) in [5.41, 5.74) is 7.01. The first-order valence-corrected chi connectivity index (χ1v) is 6.51. The molecule has 20 heavy (non-hydrogen) atoms. The van der Waals surface area contributed by atoms with Crippen LogP contribution in [0.2, 0.25) is 10.0 Å². The molecule has 0 aromatic heterocycles. The summed E-state index contributed by atoms with van der Waals surface area (Å²) < 4.78 is 13.1. The van der Waals surface area contributed by atoms with Gasteiger partial charge in [-0.2, -0.15) is 0 Å². The molecule has 0 fully saturated rings. The fraction of sp³-hybridized carbons (Fsp3) is 0.0714. The van der Waals surface area contributed by atoms with Gasteiger partial charge in [-0.3, -0.25) is 4.79 Å². The van der Waals surface area contributed by atoms with Gasteiger partial charge in [-0.05, 0) is 29.8 Å². The summed E-state index contributed by atoms with van der Waals surface area (Å²) in [5, 5.41) is 2.65. The van der Waals surface area contributed by atoms with Crippen LogP contribution >= 0.6 is 23.2 Å². The molecule has 1 amide bonds. The van der Waals surface area contributed by atoms with Crippen LogP contribution in [0.25, 0.3) is 0 Å². The molecular formula is C14H11Cl2FN2O. The molecule has 2 aromatic carbocycles. The van der Waals surface area contributed by atoms with E-state index in [0.717, 1.165) is 17.7 Å². The van der Waals surface area contributed by atoms with E-state index in [-0.39, 0.29) is 21.6 Å². The zero-order valence-electron chi connectivity index (χ0n) is 10.3. The number of halogens is 3. The van der Waals surface area contributed by atoms with Crippen LogP contribution in [-0.4, -0.2) is 5.91 Å². The highest BCUT2D eigenvalue weighted by atomic mass is 35.5. The minimum absolute atomic E-state index is 0.0435. The van der Waals surface area contributed by atoms with E-state index in [2.05, 4.69) is 5.32 Å². The van der Waals surface area contributed by atoms with Crippen molar-refractivity contribution in [1.82, 2.24) is 0 Å². The van der Waals surface area contributed by atoms with Crippen LogP contribution in [0.5, 0.6) is 0 Å². The third-order valence-corrected chi connectivity index (χ3v) is 3.29. The van der Waals surface area contributed by atoms with Gasteiger partial charge in [-0.25, -0.2) is 4.39 Å². The Bertz CT molecular complexity index is 621. The number of hydrogen-bond acceptors (Lipinski definition) is 2. The van der Waals surface area contributed by atoms with Crippen molar-refractivity contribution in [3.05, 3.63) is 63.4 Å². The molecule has 104 valence electrons. The van der Waals surface area contributed by atoms with Crippen LogP contribution in [0.1, 0.15) is 15.9 Å². The monoisotopic (exact) mass is 312 g/mol. The number of carbonyl (C=O) groups excluding carboxylic acids is 1. The minimum atomic E-state index is -0.565. The van der Waals surface area contributed by atoms with Gasteiger partial charge in [0.25, 0.3) is 5.91 Å². The normalized spacial score (nSPS) is 10.4. The van der Waals surface area contributed by atoms with Crippen molar-refractivity contribution in [3.63, 3.8) is 0 Å². The Kier molecular flexibility index (Phi) is 4.60. The molecule has 2 aromatic rings. The van der Waals surface area contributed by atoms with Gasteiger partial charge >= 0.3 is 0 Å². The second-order valence-electron chi connectivity index (χ2n) is 4.10. The average Bonchev–Trinajstić information content (AvgIpc) is 2.42. The van der Waals surface area contributed by atoms with Gasteiger partial charge in [0, 0.05) is 12.1 Å². The van der Waals surface area contributed by atoms with Crippen molar-refractivity contribution < 1.29 is 9.18 Å². The zero-order valence-corrected chi connectivity index (χ0v) is 11.8. The van der Waals surface area contributed by atoms with Crippen molar-refractivity contribution in [2.75, 3.05) is 5.32 Å². The summed E-state index contributed by atoms with van der Waals surface area (Å²) in [6.07, 6.45) is 0. The first-order valence-electron chi connectivity index (χ1n) is 5.76. The molecule has 0 bridgehead atoms. The van der Waals surface area contributed by atoms with Gasteiger partial charge in [0.05, 0.1) is 15.7 Å². The lowest BCUT2D eigenvalue weighted by molar-refractivity contribution is 0.102. The van der Waals surface area contributed by atoms with Crippen LogP contribution in [0.3, 0.4) is 0 Å². The van der Waals surface area contributed by atoms with Crippen LogP contribution < -0.4 is 11.1 Å². The SMILES string of the molecule is NCc1ccc(C(=O)Nc2c(Cl)cc(F)cc2Cl)cc1. The maximum absolute atomic E-state index is 13.1. The molecule has 6 heteroatoms. The molecule has 0 atom stereocenters. The molecule has 0 heterocycles. The van der Waals surface area contributed by atoms with E-state index in [1.165, 1.54) is 0 Å². The lowest BCUT2D eigenvalue weighted by atomic mass is 10.1. The third kappa shape index (κ3) is 3.28. The summed E-state index contributed by atoms with van der Waals surface area (Å²) in [7, 11) is 0. The van der Waals surface area contributed by atoms with Gasteiger partial charge < -0.3 is 11.1 Å². The molecular weight excluding hydrogens is 302 g/mol. The number of nitrogens with two attached hydrogens (primary N) is 1. The van der Waals surface area contributed by atoms with Gasteiger partial charge in [-0.15, -0.1) is 0 Å². The number of hydrogen-bond donors (Lipinski definition) is 2. The maximum Gasteiger partial charge on any atom is 0.255 e. The summed E-state index contributed by atoms with van der Waals surface area (Å²) in [6.45, 7) is 0.400. The minimum Gasteiger partial charge on any atom is -0.326 e. The number of benzene rings is 2. The Hall–Kier alpha value is -1.62. The Balaban J connectivity index is 2.23. The summed E-state index contributed by atoms with van der Waals surface area (Å²) in [5.74, 6) is -0.950. The Labute approximate surface area is 125 Å². The fourth-order valence-corrected chi connectivity index (χ4v) is 2.19. The number of amides is 1. The highest BCUT2D eigenvalue weighted by Gasteiger charge is 2.13. The number of rotatable bonds is 3. The predicted octanol–water partition coefficient (Wildman–Crippen LogP) is 3.84. The number of nitrogens with one attached hydrogen (secondary N) is 1. The standard InChI is InChI=1S/C14H11Cl2FN2O/c15-11-5-10(17)6-12(16)13(11)19-14(20)9-3-1-8(7-18)2-4-9/h1-6H,7,18H2,(H,19,20). The molecule has 0 unspecified atom stereocenters.